The molecule has 0 saturated carbocycles. The number of nitrogen functional groups attached to an aromatic ring is 1. The Kier molecular flexibility index (Phi) is 3.19. The quantitative estimate of drug-likeness (QED) is 0.627. The van der Waals surface area contributed by atoms with Crippen LogP contribution in [0.2, 0.25) is 0 Å². The number of carbonyl (C=O) groups excluding carboxylic acids is 1. The number of phenols is 1. The Labute approximate surface area is 105 Å². The average molecular weight is 242 g/mol. The molecule has 0 bridgehead atoms. The molecular weight excluding hydrogens is 228 g/mol. The van der Waals surface area contributed by atoms with Gasteiger partial charge in [0.15, 0.2) is 0 Å². The lowest BCUT2D eigenvalue weighted by molar-refractivity contribution is 0.0990. The van der Waals surface area contributed by atoms with Crippen LogP contribution in [0.5, 0.6) is 5.75 Å². The van der Waals surface area contributed by atoms with Gasteiger partial charge in [-0.3, -0.25) is 4.79 Å². The largest absolute Gasteiger partial charge is 0.507 e. The van der Waals surface area contributed by atoms with E-state index in [2.05, 4.69) is 0 Å². The Morgan fingerprint density at radius 2 is 1.83 bits per heavy atom. The molecule has 4 heteroatoms. The van der Waals surface area contributed by atoms with Crippen LogP contribution in [0.1, 0.15) is 10.4 Å². The molecule has 0 aliphatic carbocycles. The first-order chi connectivity index (χ1) is 8.59. The summed E-state index contributed by atoms with van der Waals surface area (Å²) in [6.45, 7) is 0. The summed E-state index contributed by atoms with van der Waals surface area (Å²) >= 11 is 0. The van der Waals surface area contributed by atoms with Crippen LogP contribution in [0.25, 0.3) is 0 Å². The van der Waals surface area contributed by atoms with E-state index in [1.54, 1.807) is 13.1 Å². The number of nitrogens with two attached hydrogens (primary N) is 1. The van der Waals surface area contributed by atoms with Gasteiger partial charge in [-0.1, -0.05) is 18.2 Å². The summed E-state index contributed by atoms with van der Waals surface area (Å²) in [7, 11) is 1.65. The van der Waals surface area contributed by atoms with Crippen LogP contribution in [0, 0.1) is 0 Å². The van der Waals surface area contributed by atoms with Crippen LogP contribution in [0.15, 0.2) is 48.5 Å². The molecule has 3 N–H and O–H groups in total. The van der Waals surface area contributed by atoms with E-state index in [-0.39, 0.29) is 17.2 Å². The first-order valence-corrected chi connectivity index (χ1v) is 5.51. The highest BCUT2D eigenvalue weighted by Gasteiger charge is 2.17. The number of rotatable bonds is 2. The number of amides is 1. The average Bonchev–Trinajstić information content (AvgIpc) is 2.41. The highest BCUT2D eigenvalue weighted by atomic mass is 16.3. The van der Waals surface area contributed by atoms with E-state index in [9.17, 15) is 9.90 Å². The number of nitrogens with zero attached hydrogens (tertiary/aromatic N) is 1. The van der Waals surface area contributed by atoms with Crippen molar-refractivity contribution in [1.82, 2.24) is 0 Å². The zero-order valence-corrected chi connectivity index (χ0v) is 10.00. The predicted octanol–water partition coefficient (Wildman–Crippen LogP) is 2.25. The fourth-order valence-electron chi connectivity index (χ4n) is 1.67. The molecule has 0 aliphatic rings. The molecule has 2 rings (SSSR count). The second kappa shape index (κ2) is 4.79. The van der Waals surface area contributed by atoms with Crippen molar-refractivity contribution in [2.45, 2.75) is 0 Å². The molecular formula is C14H14N2O2. The number of hydrogen-bond donors (Lipinski definition) is 2. The molecule has 0 fully saturated rings. The van der Waals surface area contributed by atoms with Gasteiger partial charge in [-0.05, 0) is 30.3 Å². The fraction of sp³-hybridized carbons (Fsp3) is 0.0714. The molecule has 0 spiro atoms. The molecule has 2 aromatic carbocycles. The van der Waals surface area contributed by atoms with Gasteiger partial charge in [0.05, 0.1) is 5.56 Å². The molecule has 18 heavy (non-hydrogen) atoms. The number of phenolic OH excluding ortho intramolecular Hbond substituents is 1. The maximum atomic E-state index is 12.2. The number of benzene rings is 2. The Bertz CT molecular complexity index is 567. The highest BCUT2D eigenvalue weighted by Crippen LogP contribution is 2.23. The van der Waals surface area contributed by atoms with Crippen molar-refractivity contribution in [2.24, 2.45) is 0 Å². The van der Waals surface area contributed by atoms with E-state index in [1.165, 1.54) is 17.0 Å². The Morgan fingerprint density at radius 1 is 1.17 bits per heavy atom. The highest BCUT2D eigenvalue weighted by molar-refractivity contribution is 6.07. The van der Waals surface area contributed by atoms with Crippen molar-refractivity contribution in [1.29, 1.82) is 0 Å². The number of hydrogen-bond acceptors (Lipinski definition) is 3. The number of anilines is 2. The van der Waals surface area contributed by atoms with Crippen LogP contribution in [0.4, 0.5) is 11.4 Å². The third kappa shape index (κ3) is 2.27. The normalized spacial score (nSPS) is 10.1. The summed E-state index contributed by atoms with van der Waals surface area (Å²) in [6, 6.07) is 13.6. The van der Waals surface area contributed by atoms with Gasteiger partial charge in [-0.2, -0.15) is 0 Å². The molecule has 0 aliphatic heterocycles. The van der Waals surface area contributed by atoms with Crippen molar-refractivity contribution in [3.05, 3.63) is 54.1 Å². The molecule has 0 radical (unpaired) electrons. The summed E-state index contributed by atoms with van der Waals surface area (Å²) in [5, 5.41) is 9.70. The van der Waals surface area contributed by atoms with Crippen molar-refractivity contribution in [3.63, 3.8) is 0 Å². The maximum Gasteiger partial charge on any atom is 0.261 e. The molecule has 1 amide bonds. The molecule has 2 aromatic rings. The van der Waals surface area contributed by atoms with E-state index in [4.69, 9.17) is 5.73 Å². The molecule has 0 unspecified atom stereocenters. The minimum atomic E-state index is -0.300. The van der Waals surface area contributed by atoms with E-state index >= 15 is 0 Å². The second-order valence-electron chi connectivity index (χ2n) is 3.98. The van der Waals surface area contributed by atoms with Crippen molar-refractivity contribution in [2.75, 3.05) is 17.7 Å². The molecule has 0 saturated heterocycles. The summed E-state index contributed by atoms with van der Waals surface area (Å²) in [4.78, 5) is 13.7. The van der Waals surface area contributed by atoms with Crippen LogP contribution >= 0.6 is 0 Å². The van der Waals surface area contributed by atoms with Gasteiger partial charge in [0.25, 0.3) is 5.91 Å². The van der Waals surface area contributed by atoms with Gasteiger partial charge in [0.1, 0.15) is 5.75 Å². The zero-order chi connectivity index (χ0) is 13.1. The zero-order valence-electron chi connectivity index (χ0n) is 10.00. The van der Waals surface area contributed by atoms with Crippen LogP contribution in [0.3, 0.4) is 0 Å². The van der Waals surface area contributed by atoms with Gasteiger partial charge >= 0.3 is 0 Å². The smallest absolute Gasteiger partial charge is 0.261 e. The van der Waals surface area contributed by atoms with E-state index in [1.807, 2.05) is 30.3 Å². The first-order valence-electron chi connectivity index (χ1n) is 5.51. The van der Waals surface area contributed by atoms with Crippen molar-refractivity contribution < 1.29 is 9.90 Å². The monoisotopic (exact) mass is 242 g/mol. The molecule has 4 nitrogen and oxygen atoms in total. The van der Waals surface area contributed by atoms with Crippen LogP contribution in [-0.4, -0.2) is 18.1 Å². The van der Waals surface area contributed by atoms with Crippen molar-refractivity contribution >= 4 is 17.3 Å². The lowest BCUT2D eigenvalue weighted by Gasteiger charge is -2.18. The summed E-state index contributed by atoms with van der Waals surface area (Å²) in [5.41, 5.74) is 7.01. The van der Waals surface area contributed by atoms with Crippen LogP contribution < -0.4 is 10.6 Å². The third-order valence-electron chi connectivity index (χ3n) is 2.70. The van der Waals surface area contributed by atoms with E-state index in [0.29, 0.717) is 5.69 Å². The standard InChI is InChI=1S/C14H14N2O2/c1-16(11-5-3-2-4-6-11)14(18)12-9-10(15)7-8-13(12)17/h2-9,17H,15H2,1H3. The Hall–Kier alpha value is -2.49. The minimum absolute atomic E-state index is 0.0722. The van der Waals surface area contributed by atoms with Crippen molar-refractivity contribution in [3.8, 4) is 5.75 Å². The molecule has 0 atom stereocenters. The lowest BCUT2D eigenvalue weighted by Crippen LogP contribution is -2.26. The fourth-order valence-corrected chi connectivity index (χ4v) is 1.67. The lowest BCUT2D eigenvalue weighted by atomic mass is 10.1. The molecule has 0 aromatic heterocycles. The van der Waals surface area contributed by atoms with Gasteiger partial charge in [0.2, 0.25) is 0 Å². The number of aromatic hydroxyl groups is 1. The molecule has 92 valence electrons. The Balaban J connectivity index is 2.34. The summed E-state index contributed by atoms with van der Waals surface area (Å²) in [5.74, 6) is -0.372. The predicted molar refractivity (Wildman–Crippen MR) is 71.7 cm³/mol. The van der Waals surface area contributed by atoms with Crippen LogP contribution in [-0.2, 0) is 0 Å². The maximum absolute atomic E-state index is 12.2. The Morgan fingerprint density at radius 3 is 2.50 bits per heavy atom. The first kappa shape index (κ1) is 12.0. The van der Waals surface area contributed by atoms with Gasteiger partial charge in [-0.25, -0.2) is 0 Å². The van der Waals surface area contributed by atoms with Gasteiger partial charge in [-0.15, -0.1) is 0 Å². The second-order valence-corrected chi connectivity index (χ2v) is 3.98. The SMILES string of the molecule is CN(C(=O)c1cc(N)ccc1O)c1ccccc1. The van der Waals surface area contributed by atoms with Gasteiger partial charge in [0, 0.05) is 18.4 Å². The topological polar surface area (TPSA) is 66.6 Å². The van der Waals surface area contributed by atoms with E-state index in [0.717, 1.165) is 5.69 Å². The number of carbonyl (C=O) groups is 1. The third-order valence-corrected chi connectivity index (χ3v) is 2.70. The number of para-hydroxylation sites is 1. The minimum Gasteiger partial charge on any atom is -0.507 e. The van der Waals surface area contributed by atoms with Gasteiger partial charge < -0.3 is 15.7 Å². The summed E-state index contributed by atoms with van der Waals surface area (Å²) in [6.07, 6.45) is 0. The summed E-state index contributed by atoms with van der Waals surface area (Å²) < 4.78 is 0. The van der Waals surface area contributed by atoms with E-state index < -0.39 is 0 Å². The molecule has 0 heterocycles.